The lowest BCUT2D eigenvalue weighted by atomic mass is 10.1. The van der Waals surface area contributed by atoms with Gasteiger partial charge in [0, 0.05) is 5.56 Å². The lowest BCUT2D eigenvalue weighted by Crippen LogP contribution is -2.09. The van der Waals surface area contributed by atoms with E-state index in [1.165, 1.54) is 11.1 Å². The zero-order valence-corrected chi connectivity index (χ0v) is 15.7. The Labute approximate surface area is 162 Å². The first kappa shape index (κ1) is 17.8. The number of aryl methyl sites for hydroxylation is 2. The first-order chi connectivity index (χ1) is 13.5. The van der Waals surface area contributed by atoms with Crippen molar-refractivity contribution in [2.45, 2.75) is 20.4 Å². The number of benzene rings is 3. The number of carboxylic acid groups (broad SMARTS) is 1. The fourth-order valence-electron chi connectivity index (χ4n) is 3.18. The number of fused-ring (bicyclic) bond motifs is 1. The highest BCUT2D eigenvalue weighted by atomic mass is 16.5. The molecule has 0 spiro atoms. The van der Waals surface area contributed by atoms with Crippen molar-refractivity contribution in [3.63, 3.8) is 0 Å². The Hall–Kier alpha value is -3.60. The molecule has 4 rings (SSSR count). The van der Waals surface area contributed by atoms with Gasteiger partial charge in [0.2, 0.25) is 0 Å². The van der Waals surface area contributed by atoms with Crippen LogP contribution in [0.1, 0.15) is 11.1 Å². The number of carboxylic acids is 1. The molecule has 5 nitrogen and oxygen atoms in total. The normalized spacial score (nSPS) is 10.9. The maximum Gasteiger partial charge on any atom is 0.323 e. The number of nitrogens with zero attached hydrogens (tertiary/aromatic N) is 2. The minimum absolute atomic E-state index is 0.142. The number of carbonyl (C=O) groups is 1. The molecule has 1 heterocycles. The van der Waals surface area contributed by atoms with E-state index in [0.717, 1.165) is 22.3 Å². The largest absolute Gasteiger partial charge is 0.480 e. The predicted octanol–water partition coefficient (Wildman–Crippen LogP) is 5.20. The van der Waals surface area contributed by atoms with Crippen LogP contribution in [-0.2, 0) is 11.3 Å². The van der Waals surface area contributed by atoms with Gasteiger partial charge < -0.3 is 14.4 Å². The predicted molar refractivity (Wildman–Crippen MR) is 109 cm³/mol. The first-order valence-electron chi connectivity index (χ1n) is 9.04. The number of para-hydroxylation sites is 2. The van der Waals surface area contributed by atoms with Crippen molar-refractivity contribution in [1.82, 2.24) is 9.55 Å². The molecule has 0 aliphatic rings. The molecule has 5 heteroatoms. The summed E-state index contributed by atoms with van der Waals surface area (Å²) < 4.78 is 7.66. The summed E-state index contributed by atoms with van der Waals surface area (Å²) in [6.07, 6.45) is 0. The van der Waals surface area contributed by atoms with Crippen molar-refractivity contribution in [3.8, 4) is 22.9 Å². The van der Waals surface area contributed by atoms with E-state index >= 15 is 0 Å². The van der Waals surface area contributed by atoms with Gasteiger partial charge in [0.25, 0.3) is 0 Å². The summed E-state index contributed by atoms with van der Waals surface area (Å²) in [7, 11) is 0. The number of ether oxygens (including phenoxy) is 1. The number of aliphatic carboxylic acids is 1. The van der Waals surface area contributed by atoms with Gasteiger partial charge in [-0.05, 0) is 73.5 Å². The molecule has 0 amide bonds. The minimum atomic E-state index is -0.904. The Bertz CT molecular complexity index is 1160. The zero-order valence-electron chi connectivity index (χ0n) is 15.7. The van der Waals surface area contributed by atoms with Crippen LogP contribution >= 0.6 is 0 Å². The van der Waals surface area contributed by atoms with Crippen LogP contribution in [0.2, 0.25) is 0 Å². The van der Waals surface area contributed by atoms with Gasteiger partial charge in [0.05, 0.1) is 11.0 Å². The average Bonchev–Trinajstić information content (AvgIpc) is 3.03. The highest BCUT2D eigenvalue weighted by molar-refractivity contribution is 5.82. The quantitative estimate of drug-likeness (QED) is 0.523. The summed E-state index contributed by atoms with van der Waals surface area (Å²) in [5.41, 5.74) is 4.81. The van der Waals surface area contributed by atoms with Crippen LogP contribution < -0.4 is 4.74 Å². The van der Waals surface area contributed by atoms with Gasteiger partial charge in [-0.15, -0.1) is 0 Å². The number of aromatic nitrogens is 2. The third-order valence-corrected chi connectivity index (χ3v) is 4.77. The maximum absolute atomic E-state index is 11.3. The summed E-state index contributed by atoms with van der Waals surface area (Å²) in [6.45, 7) is 3.98. The van der Waals surface area contributed by atoms with Gasteiger partial charge in [0.15, 0.2) is 0 Å². The third kappa shape index (κ3) is 3.47. The second-order valence-corrected chi connectivity index (χ2v) is 6.78. The molecule has 28 heavy (non-hydrogen) atoms. The van der Waals surface area contributed by atoms with E-state index < -0.39 is 5.97 Å². The van der Waals surface area contributed by atoms with Gasteiger partial charge >= 0.3 is 5.97 Å². The van der Waals surface area contributed by atoms with E-state index in [-0.39, 0.29) is 6.54 Å². The summed E-state index contributed by atoms with van der Waals surface area (Å²) in [5.74, 6) is 1.22. The topological polar surface area (TPSA) is 64.4 Å². The minimum Gasteiger partial charge on any atom is -0.480 e. The maximum atomic E-state index is 11.3. The molecular weight excluding hydrogens is 352 g/mol. The smallest absolute Gasteiger partial charge is 0.323 e. The average molecular weight is 372 g/mol. The lowest BCUT2D eigenvalue weighted by molar-refractivity contribution is -0.137. The van der Waals surface area contributed by atoms with Crippen LogP contribution in [0.3, 0.4) is 0 Å². The molecule has 0 aliphatic carbocycles. The highest BCUT2D eigenvalue weighted by Crippen LogP contribution is 2.29. The molecule has 0 saturated carbocycles. The van der Waals surface area contributed by atoms with Crippen molar-refractivity contribution >= 4 is 17.0 Å². The van der Waals surface area contributed by atoms with Crippen molar-refractivity contribution in [2.24, 2.45) is 0 Å². The molecule has 140 valence electrons. The number of hydrogen-bond acceptors (Lipinski definition) is 3. The van der Waals surface area contributed by atoms with Gasteiger partial charge in [-0.25, -0.2) is 4.98 Å². The lowest BCUT2D eigenvalue weighted by Gasteiger charge is -2.10. The zero-order chi connectivity index (χ0) is 19.7. The Balaban J connectivity index is 1.67. The first-order valence-corrected chi connectivity index (χ1v) is 9.04. The SMILES string of the molecule is Cc1ccc(Oc2ccc(-c3nc4ccccc4n3CC(=O)O)cc2)cc1C. The van der Waals surface area contributed by atoms with Gasteiger partial charge in [0.1, 0.15) is 23.9 Å². The fourth-order valence-corrected chi connectivity index (χ4v) is 3.18. The van der Waals surface area contributed by atoms with E-state index in [4.69, 9.17) is 4.74 Å². The summed E-state index contributed by atoms with van der Waals surface area (Å²) in [5, 5.41) is 9.30. The molecule has 0 fully saturated rings. The fraction of sp³-hybridized carbons (Fsp3) is 0.130. The molecule has 0 radical (unpaired) electrons. The Morgan fingerprint density at radius 3 is 2.39 bits per heavy atom. The Morgan fingerprint density at radius 2 is 1.68 bits per heavy atom. The molecule has 1 N–H and O–H groups in total. The van der Waals surface area contributed by atoms with Crippen LogP contribution in [0, 0.1) is 13.8 Å². The summed E-state index contributed by atoms with van der Waals surface area (Å²) in [4.78, 5) is 16.0. The van der Waals surface area contributed by atoms with E-state index in [0.29, 0.717) is 11.6 Å². The Kier molecular flexibility index (Phi) is 4.57. The second kappa shape index (κ2) is 7.19. The molecule has 4 aromatic rings. The third-order valence-electron chi connectivity index (χ3n) is 4.77. The van der Waals surface area contributed by atoms with Crippen molar-refractivity contribution < 1.29 is 14.6 Å². The molecule has 3 aromatic carbocycles. The van der Waals surface area contributed by atoms with Crippen molar-refractivity contribution in [3.05, 3.63) is 77.9 Å². The van der Waals surface area contributed by atoms with E-state index in [9.17, 15) is 9.90 Å². The molecule has 0 atom stereocenters. The van der Waals surface area contributed by atoms with E-state index in [1.807, 2.05) is 66.7 Å². The van der Waals surface area contributed by atoms with Crippen LogP contribution in [0.4, 0.5) is 0 Å². The Morgan fingerprint density at radius 1 is 0.964 bits per heavy atom. The van der Waals surface area contributed by atoms with Gasteiger partial charge in [-0.3, -0.25) is 4.79 Å². The van der Waals surface area contributed by atoms with Gasteiger partial charge in [-0.1, -0.05) is 18.2 Å². The molecule has 0 aliphatic heterocycles. The number of hydrogen-bond donors (Lipinski definition) is 1. The molecule has 0 bridgehead atoms. The van der Waals surface area contributed by atoms with Crippen molar-refractivity contribution in [2.75, 3.05) is 0 Å². The number of rotatable bonds is 5. The highest BCUT2D eigenvalue weighted by Gasteiger charge is 2.14. The van der Waals surface area contributed by atoms with Crippen molar-refractivity contribution in [1.29, 1.82) is 0 Å². The van der Waals surface area contributed by atoms with Crippen LogP contribution in [0.25, 0.3) is 22.4 Å². The van der Waals surface area contributed by atoms with Crippen LogP contribution in [0.5, 0.6) is 11.5 Å². The molecule has 0 unspecified atom stereocenters. The monoisotopic (exact) mass is 372 g/mol. The van der Waals surface area contributed by atoms with Crippen LogP contribution in [-0.4, -0.2) is 20.6 Å². The molecule has 0 saturated heterocycles. The second-order valence-electron chi connectivity index (χ2n) is 6.78. The van der Waals surface area contributed by atoms with E-state index in [2.05, 4.69) is 18.8 Å². The standard InChI is InChI=1S/C23H20N2O3/c1-15-7-10-19(13-16(15)2)28-18-11-8-17(9-12-18)23-24-20-5-3-4-6-21(20)25(23)14-22(26)27/h3-13H,14H2,1-2H3,(H,26,27). The van der Waals surface area contributed by atoms with Crippen LogP contribution in [0.15, 0.2) is 66.7 Å². The summed E-state index contributed by atoms with van der Waals surface area (Å²) >= 11 is 0. The number of imidazole rings is 1. The van der Waals surface area contributed by atoms with Gasteiger partial charge in [-0.2, -0.15) is 0 Å². The summed E-state index contributed by atoms with van der Waals surface area (Å²) in [6, 6.07) is 21.1. The van der Waals surface area contributed by atoms with E-state index in [1.54, 1.807) is 4.57 Å². The molecule has 1 aromatic heterocycles. The molecular formula is C23H20N2O3.